The van der Waals surface area contributed by atoms with Crippen LogP contribution in [0.3, 0.4) is 0 Å². The molecule has 1 heterocycles. The van der Waals surface area contributed by atoms with E-state index in [-0.39, 0.29) is 6.61 Å². The van der Waals surface area contributed by atoms with Crippen molar-refractivity contribution in [1.29, 1.82) is 0 Å². The Morgan fingerprint density at radius 1 is 1.18 bits per heavy atom. The molecule has 2 rings (SSSR count). The Hall–Kier alpha value is -1.22. The Morgan fingerprint density at radius 3 is 2.82 bits per heavy atom. The molecule has 0 spiro atoms. The summed E-state index contributed by atoms with van der Waals surface area (Å²) in [4.78, 5) is 0. The van der Waals surface area contributed by atoms with Gasteiger partial charge in [-0.05, 0) is 17.7 Å². The van der Waals surface area contributed by atoms with Crippen molar-refractivity contribution in [3.8, 4) is 0 Å². The lowest BCUT2D eigenvalue weighted by Crippen LogP contribution is -1.89. The first-order chi connectivity index (χ1) is 5.40. The molecule has 3 heteroatoms. The van der Waals surface area contributed by atoms with Crippen molar-refractivity contribution in [1.82, 2.24) is 0 Å². The zero-order chi connectivity index (χ0) is 7.68. The SMILES string of the molecule is OCc1ccc2c(c1)N[CH]N2. The van der Waals surface area contributed by atoms with Gasteiger partial charge in [-0.1, -0.05) is 6.07 Å². The highest BCUT2D eigenvalue weighted by Crippen LogP contribution is 2.27. The summed E-state index contributed by atoms with van der Waals surface area (Å²) in [6, 6.07) is 5.76. The zero-order valence-electron chi connectivity index (χ0n) is 5.96. The summed E-state index contributed by atoms with van der Waals surface area (Å²) < 4.78 is 0. The molecule has 1 aliphatic rings. The average molecular weight is 149 g/mol. The van der Waals surface area contributed by atoms with Gasteiger partial charge >= 0.3 is 0 Å². The molecule has 0 amide bonds. The normalized spacial score (nSPS) is 13.5. The van der Waals surface area contributed by atoms with E-state index in [2.05, 4.69) is 10.6 Å². The molecule has 0 saturated carbocycles. The molecule has 0 saturated heterocycles. The van der Waals surface area contributed by atoms with Crippen LogP contribution < -0.4 is 10.6 Å². The third-order valence-corrected chi connectivity index (χ3v) is 1.72. The van der Waals surface area contributed by atoms with Gasteiger partial charge in [0.1, 0.15) is 6.67 Å². The van der Waals surface area contributed by atoms with E-state index >= 15 is 0 Å². The first-order valence-corrected chi connectivity index (χ1v) is 3.49. The fraction of sp³-hybridized carbons (Fsp3) is 0.125. The Kier molecular flexibility index (Phi) is 1.43. The number of hydrogen-bond donors (Lipinski definition) is 3. The molecule has 0 atom stereocenters. The molecule has 1 aromatic rings. The number of hydrogen-bond acceptors (Lipinski definition) is 3. The molecule has 57 valence electrons. The van der Waals surface area contributed by atoms with Crippen LogP contribution in [-0.4, -0.2) is 5.11 Å². The largest absolute Gasteiger partial charge is 0.392 e. The van der Waals surface area contributed by atoms with Crippen molar-refractivity contribution in [2.75, 3.05) is 10.6 Å². The maximum absolute atomic E-state index is 8.81. The van der Waals surface area contributed by atoms with Crippen molar-refractivity contribution in [2.45, 2.75) is 6.61 Å². The molecule has 1 radical (unpaired) electrons. The number of benzene rings is 1. The van der Waals surface area contributed by atoms with Crippen LogP contribution in [0.5, 0.6) is 0 Å². The zero-order valence-corrected chi connectivity index (χ0v) is 5.96. The Labute approximate surface area is 65.0 Å². The van der Waals surface area contributed by atoms with Gasteiger partial charge in [0, 0.05) is 0 Å². The van der Waals surface area contributed by atoms with E-state index in [1.165, 1.54) is 0 Å². The number of rotatable bonds is 1. The van der Waals surface area contributed by atoms with E-state index < -0.39 is 0 Å². The molecule has 3 nitrogen and oxygen atoms in total. The van der Waals surface area contributed by atoms with Crippen LogP contribution in [0.2, 0.25) is 0 Å². The number of aliphatic hydroxyl groups is 1. The molecule has 0 unspecified atom stereocenters. The maximum Gasteiger partial charge on any atom is 0.136 e. The quantitative estimate of drug-likeness (QED) is 0.561. The van der Waals surface area contributed by atoms with Crippen LogP contribution in [0.15, 0.2) is 18.2 Å². The van der Waals surface area contributed by atoms with Crippen molar-refractivity contribution in [3.63, 3.8) is 0 Å². The van der Waals surface area contributed by atoms with E-state index in [9.17, 15) is 0 Å². The minimum atomic E-state index is 0.0922. The Bertz CT molecular complexity index is 273. The standard InChI is InChI=1S/C8H9N2O/c11-4-6-1-2-7-8(3-6)10-5-9-7/h1-3,5,9-11H,4H2. The summed E-state index contributed by atoms with van der Waals surface area (Å²) in [7, 11) is 0. The second kappa shape index (κ2) is 2.43. The lowest BCUT2D eigenvalue weighted by molar-refractivity contribution is 0.282. The van der Waals surface area contributed by atoms with E-state index in [0.717, 1.165) is 16.9 Å². The molecule has 1 aromatic carbocycles. The summed E-state index contributed by atoms with van der Waals surface area (Å²) in [6.07, 6.45) is 0. The van der Waals surface area contributed by atoms with Gasteiger partial charge in [0.15, 0.2) is 0 Å². The van der Waals surface area contributed by atoms with Gasteiger partial charge in [-0.3, -0.25) is 0 Å². The number of nitrogens with one attached hydrogen (secondary N) is 2. The summed E-state index contributed by atoms with van der Waals surface area (Å²) in [5.41, 5.74) is 3.01. The third-order valence-electron chi connectivity index (χ3n) is 1.72. The second-order valence-electron chi connectivity index (χ2n) is 2.47. The molecular weight excluding hydrogens is 140 g/mol. The topological polar surface area (TPSA) is 44.3 Å². The lowest BCUT2D eigenvalue weighted by atomic mass is 10.2. The van der Waals surface area contributed by atoms with Crippen molar-refractivity contribution in [2.24, 2.45) is 0 Å². The first kappa shape index (κ1) is 6.49. The van der Waals surface area contributed by atoms with E-state index in [0.29, 0.717) is 0 Å². The number of aliphatic hydroxyl groups excluding tert-OH is 1. The van der Waals surface area contributed by atoms with E-state index in [1.807, 2.05) is 18.2 Å². The molecular formula is C8H9N2O. The highest BCUT2D eigenvalue weighted by atomic mass is 16.3. The van der Waals surface area contributed by atoms with Gasteiger partial charge in [-0.15, -0.1) is 0 Å². The van der Waals surface area contributed by atoms with Gasteiger partial charge in [0.25, 0.3) is 0 Å². The van der Waals surface area contributed by atoms with Crippen LogP contribution in [0.1, 0.15) is 5.56 Å². The number of anilines is 2. The second-order valence-corrected chi connectivity index (χ2v) is 2.47. The summed E-state index contributed by atoms with van der Waals surface area (Å²) in [5.74, 6) is 0. The third kappa shape index (κ3) is 1.03. The lowest BCUT2D eigenvalue weighted by Gasteiger charge is -1.99. The van der Waals surface area contributed by atoms with Crippen molar-refractivity contribution in [3.05, 3.63) is 30.4 Å². The molecule has 0 fully saturated rings. The fourth-order valence-corrected chi connectivity index (χ4v) is 1.13. The molecule has 0 aliphatic carbocycles. The van der Waals surface area contributed by atoms with Gasteiger partial charge < -0.3 is 15.7 Å². The Morgan fingerprint density at radius 2 is 2.00 bits per heavy atom. The number of fused-ring (bicyclic) bond motifs is 1. The van der Waals surface area contributed by atoms with Crippen LogP contribution in [-0.2, 0) is 6.61 Å². The molecule has 1 aliphatic heterocycles. The summed E-state index contributed by atoms with van der Waals surface area (Å²) in [6.45, 7) is 1.86. The minimum Gasteiger partial charge on any atom is -0.392 e. The minimum absolute atomic E-state index is 0.0922. The monoisotopic (exact) mass is 149 g/mol. The first-order valence-electron chi connectivity index (χ1n) is 3.49. The van der Waals surface area contributed by atoms with Gasteiger partial charge in [-0.25, -0.2) is 0 Å². The Balaban J connectivity index is 2.41. The molecule has 3 N–H and O–H groups in total. The smallest absolute Gasteiger partial charge is 0.136 e. The highest BCUT2D eigenvalue weighted by Gasteiger charge is 2.08. The van der Waals surface area contributed by atoms with E-state index in [4.69, 9.17) is 5.11 Å². The van der Waals surface area contributed by atoms with E-state index in [1.54, 1.807) is 6.67 Å². The average Bonchev–Trinajstić information content (AvgIpc) is 2.50. The van der Waals surface area contributed by atoms with Crippen LogP contribution in [0, 0.1) is 6.67 Å². The van der Waals surface area contributed by atoms with Crippen LogP contribution >= 0.6 is 0 Å². The fourth-order valence-electron chi connectivity index (χ4n) is 1.13. The summed E-state index contributed by atoms with van der Waals surface area (Å²) in [5, 5.41) is 14.9. The van der Waals surface area contributed by atoms with Crippen LogP contribution in [0.4, 0.5) is 11.4 Å². The predicted molar refractivity (Wildman–Crippen MR) is 43.9 cm³/mol. The van der Waals surface area contributed by atoms with Crippen molar-refractivity contribution < 1.29 is 5.11 Å². The van der Waals surface area contributed by atoms with Gasteiger partial charge in [0.2, 0.25) is 0 Å². The summed E-state index contributed by atoms with van der Waals surface area (Å²) >= 11 is 0. The molecule has 11 heavy (non-hydrogen) atoms. The van der Waals surface area contributed by atoms with Gasteiger partial charge in [0.05, 0.1) is 18.0 Å². The van der Waals surface area contributed by atoms with Gasteiger partial charge in [-0.2, -0.15) is 0 Å². The molecule has 0 bridgehead atoms. The molecule has 0 aromatic heterocycles. The maximum atomic E-state index is 8.81. The highest BCUT2D eigenvalue weighted by molar-refractivity contribution is 5.75. The van der Waals surface area contributed by atoms with Crippen molar-refractivity contribution >= 4 is 11.4 Å². The predicted octanol–water partition coefficient (Wildman–Crippen LogP) is 1.14. The van der Waals surface area contributed by atoms with Crippen LogP contribution in [0.25, 0.3) is 0 Å².